The van der Waals surface area contributed by atoms with Gasteiger partial charge in [-0.2, -0.15) is 18.3 Å². The third-order valence-electron chi connectivity index (χ3n) is 5.18. The molecule has 10 nitrogen and oxygen atoms in total. The Hall–Kier alpha value is -3.68. The highest BCUT2D eigenvalue weighted by Gasteiger charge is 2.51. The lowest BCUT2D eigenvalue weighted by Crippen LogP contribution is -2.44. The Bertz CT molecular complexity index is 1290. The number of carbonyl (C=O) groups is 2. The standard InChI is InChI=1S/C22H26F3N5O5S/c1-14(31)26-10-8-16-13-30(36(5,33)19-9-11-27-29(19)4)17-12-15(6-7-18(17)34-16)28-20(32)35-21(2,3)22(23,24)25/h6-12,16H,5,13H2,1-4H3,(H,26,31)(H,28,32)/b10-8+. The molecule has 196 valence electrons. The average molecular weight is 530 g/mol. The summed E-state index contributed by atoms with van der Waals surface area (Å²) in [5.41, 5.74) is -2.36. The summed E-state index contributed by atoms with van der Waals surface area (Å²) in [4.78, 5) is 23.4. The van der Waals surface area contributed by atoms with Crippen LogP contribution in [-0.2, 0) is 26.3 Å². The molecule has 2 aromatic rings. The van der Waals surface area contributed by atoms with Gasteiger partial charge in [-0.05, 0) is 50.1 Å². The molecule has 36 heavy (non-hydrogen) atoms. The van der Waals surface area contributed by atoms with Crippen LogP contribution < -0.4 is 19.7 Å². The maximum Gasteiger partial charge on any atom is 0.427 e. The Morgan fingerprint density at radius 3 is 2.58 bits per heavy atom. The first-order chi connectivity index (χ1) is 16.6. The normalized spacial score (nSPS) is 17.6. The number of hydrogen-bond acceptors (Lipinski definition) is 6. The van der Waals surface area contributed by atoms with Crippen molar-refractivity contribution in [3.8, 4) is 5.75 Å². The molecule has 0 spiro atoms. The quantitative estimate of drug-likeness (QED) is 0.556. The van der Waals surface area contributed by atoms with Crippen LogP contribution in [-0.4, -0.2) is 56.3 Å². The third-order valence-corrected chi connectivity index (χ3v) is 7.30. The van der Waals surface area contributed by atoms with Gasteiger partial charge < -0.3 is 14.8 Å². The summed E-state index contributed by atoms with van der Waals surface area (Å²) in [6, 6.07) is 5.80. The molecule has 14 heteroatoms. The Morgan fingerprint density at radius 2 is 2.00 bits per heavy atom. The van der Waals surface area contributed by atoms with Crippen molar-refractivity contribution in [3.63, 3.8) is 0 Å². The molecule has 2 heterocycles. The lowest BCUT2D eigenvalue weighted by atomic mass is 10.1. The third kappa shape index (κ3) is 5.75. The molecule has 2 unspecified atom stereocenters. The van der Waals surface area contributed by atoms with Crippen LogP contribution in [0.25, 0.3) is 0 Å². The summed E-state index contributed by atoms with van der Waals surface area (Å²) in [5.74, 6) is 3.90. The highest BCUT2D eigenvalue weighted by molar-refractivity contribution is 8.01. The number of carbonyl (C=O) groups excluding carboxylic acids is 2. The van der Waals surface area contributed by atoms with E-state index in [1.165, 1.54) is 46.5 Å². The number of rotatable bonds is 6. The molecular weight excluding hydrogens is 503 g/mol. The van der Waals surface area contributed by atoms with Crippen LogP contribution >= 0.6 is 0 Å². The summed E-state index contributed by atoms with van der Waals surface area (Å²) in [6.45, 7) is 2.84. The van der Waals surface area contributed by atoms with Gasteiger partial charge in [0.1, 0.15) is 16.9 Å². The number of aryl methyl sites for hydroxylation is 1. The van der Waals surface area contributed by atoms with Crippen molar-refractivity contribution >= 4 is 39.0 Å². The molecule has 1 aromatic heterocycles. The molecule has 1 aliphatic heterocycles. The molecule has 0 aliphatic carbocycles. The fourth-order valence-electron chi connectivity index (χ4n) is 3.22. The Morgan fingerprint density at radius 1 is 1.31 bits per heavy atom. The second-order valence-corrected chi connectivity index (χ2v) is 10.6. The second-order valence-electron chi connectivity index (χ2n) is 8.42. The Kier molecular flexibility index (Phi) is 7.30. The zero-order valence-electron chi connectivity index (χ0n) is 20.0. The van der Waals surface area contributed by atoms with E-state index in [9.17, 15) is 27.0 Å². The van der Waals surface area contributed by atoms with E-state index in [0.717, 1.165) is 13.8 Å². The molecule has 2 atom stereocenters. The van der Waals surface area contributed by atoms with Crippen molar-refractivity contribution in [1.29, 1.82) is 0 Å². The van der Waals surface area contributed by atoms with Gasteiger partial charge in [0.15, 0.2) is 0 Å². The molecule has 1 aromatic carbocycles. The zero-order chi connectivity index (χ0) is 26.9. The summed E-state index contributed by atoms with van der Waals surface area (Å²) < 4.78 is 66.5. The SMILES string of the molecule is C=S(=O)(c1ccnn1C)N1CC(/C=C/NC(C)=O)Oc2ccc(NC(=O)OC(C)(C)C(F)(F)F)cc21. The maximum atomic E-state index is 13.9. The number of anilines is 2. The number of alkyl halides is 3. The van der Waals surface area contributed by atoms with E-state index in [2.05, 4.69) is 26.3 Å². The first-order valence-electron chi connectivity index (χ1n) is 10.6. The molecule has 0 saturated carbocycles. The highest BCUT2D eigenvalue weighted by Crippen LogP contribution is 2.39. The van der Waals surface area contributed by atoms with Crippen LogP contribution in [0.4, 0.5) is 29.3 Å². The number of halogens is 3. The monoisotopic (exact) mass is 529 g/mol. The molecule has 0 bridgehead atoms. The number of nitrogens with one attached hydrogen (secondary N) is 2. The molecular formula is C22H26F3N5O5S. The van der Waals surface area contributed by atoms with Gasteiger partial charge in [-0.1, -0.05) is 0 Å². The summed E-state index contributed by atoms with van der Waals surface area (Å²) in [7, 11) is -1.59. The van der Waals surface area contributed by atoms with Crippen LogP contribution in [0.15, 0.2) is 47.8 Å². The minimum atomic E-state index is -4.77. The fraction of sp³-hybridized carbons (Fsp3) is 0.364. The van der Waals surface area contributed by atoms with Gasteiger partial charge in [-0.15, -0.1) is 0 Å². The van der Waals surface area contributed by atoms with E-state index >= 15 is 0 Å². The van der Waals surface area contributed by atoms with Gasteiger partial charge in [0.2, 0.25) is 11.5 Å². The Labute approximate surface area is 206 Å². The molecule has 0 radical (unpaired) electrons. The minimum Gasteiger partial charge on any atom is -0.482 e. The van der Waals surface area contributed by atoms with Gasteiger partial charge >= 0.3 is 12.3 Å². The lowest BCUT2D eigenvalue weighted by Gasteiger charge is -2.37. The number of ether oxygens (including phenoxy) is 2. The van der Waals surface area contributed by atoms with Crippen molar-refractivity contribution in [2.45, 2.75) is 43.7 Å². The number of hydrogen-bond donors (Lipinski definition) is 2. The highest BCUT2D eigenvalue weighted by atomic mass is 32.2. The molecule has 0 saturated heterocycles. The fourth-order valence-corrected chi connectivity index (χ4v) is 5.03. The molecule has 2 amide bonds. The second kappa shape index (κ2) is 9.76. The Balaban J connectivity index is 1.95. The van der Waals surface area contributed by atoms with E-state index < -0.39 is 33.7 Å². The van der Waals surface area contributed by atoms with E-state index in [-0.39, 0.29) is 29.6 Å². The van der Waals surface area contributed by atoms with Crippen LogP contribution in [0.5, 0.6) is 5.75 Å². The summed E-state index contributed by atoms with van der Waals surface area (Å²) in [6.07, 6.45) is -2.30. The first-order valence-corrected chi connectivity index (χ1v) is 12.2. The average Bonchev–Trinajstić information content (AvgIpc) is 3.18. The van der Waals surface area contributed by atoms with Gasteiger partial charge in [0.05, 0.1) is 28.1 Å². The number of benzene rings is 1. The predicted octanol–water partition coefficient (Wildman–Crippen LogP) is 3.22. The van der Waals surface area contributed by atoms with Crippen molar-refractivity contribution < 1.29 is 36.4 Å². The minimum absolute atomic E-state index is 0.0333. The van der Waals surface area contributed by atoms with E-state index in [4.69, 9.17) is 4.74 Å². The topological polar surface area (TPSA) is 115 Å². The lowest BCUT2D eigenvalue weighted by molar-refractivity contribution is -0.242. The summed E-state index contributed by atoms with van der Waals surface area (Å²) >= 11 is 0. The zero-order valence-corrected chi connectivity index (χ0v) is 20.8. The van der Waals surface area contributed by atoms with E-state index in [0.29, 0.717) is 5.03 Å². The molecule has 1 aliphatic rings. The van der Waals surface area contributed by atoms with Crippen molar-refractivity contribution in [1.82, 2.24) is 15.1 Å². The number of fused-ring (bicyclic) bond motifs is 1. The number of nitrogens with zero attached hydrogens (tertiary/aromatic N) is 3. The van der Waals surface area contributed by atoms with Crippen LogP contribution in [0.2, 0.25) is 0 Å². The van der Waals surface area contributed by atoms with E-state index in [1.807, 2.05) is 0 Å². The maximum absolute atomic E-state index is 13.9. The predicted molar refractivity (Wildman–Crippen MR) is 128 cm³/mol. The van der Waals surface area contributed by atoms with Gasteiger partial charge in [0.25, 0.3) is 0 Å². The molecule has 0 fully saturated rings. The van der Waals surface area contributed by atoms with Gasteiger partial charge in [-0.3, -0.25) is 19.1 Å². The number of amides is 2. The van der Waals surface area contributed by atoms with Crippen LogP contribution in [0.1, 0.15) is 20.8 Å². The number of aromatic nitrogens is 2. The van der Waals surface area contributed by atoms with Crippen molar-refractivity contribution in [2.24, 2.45) is 7.05 Å². The smallest absolute Gasteiger partial charge is 0.427 e. The van der Waals surface area contributed by atoms with Crippen LogP contribution in [0, 0.1) is 0 Å². The van der Waals surface area contributed by atoms with Crippen molar-refractivity contribution in [3.05, 3.63) is 42.7 Å². The molecule has 3 rings (SSSR count). The largest absolute Gasteiger partial charge is 0.482 e. The first kappa shape index (κ1) is 26.9. The molecule has 2 N–H and O–H groups in total. The van der Waals surface area contributed by atoms with Crippen molar-refractivity contribution in [2.75, 3.05) is 16.2 Å². The summed E-state index contributed by atoms with van der Waals surface area (Å²) in [5, 5.41) is 9.12. The van der Waals surface area contributed by atoms with Crippen LogP contribution in [0.3, 0.4) is 0 Å². The van der Waals surface area contributed by atoms with E-state index in [1.54, 1.807) is 19.2 Å². The van der Waals surface area contributed by atoms with Gasteiger partial charge in [0, 0.05) is 25.9 Å². The van der Waals surface area contributed by atoms with Gasteiger partial charge in [-0.25, -0.2) is 9.00 Å².